The Kier molecular flexibility index (Phi) is 5.73. The molecule has 0 atom stereocenters. The van der Waals surface area contributed by atoms with Crippen LogP contribution in [0.1, 0.15) is 23.0 Å². The van der Waals surface area contributed by atoms with Crippen molar-refractivity contribution in [2.24, 2.45) is 0 Å². The normalized spacial score (nSPS) is 11.6. The van der Waals surface area contributed by atoms with Gasteiger partial charge in [-0.2, -0.15) is 0 Å². The standard InChI is InChI=1S/C10H16N2O4S2/c1-2-11-5-3-6-12-18(15,16)8-4-7-17-9(8)10(13)14/h4,7,11-12H,2-3,5-6H2,1H3,(H,13,14). The molecule has 0 saturated carbocycles. The van der Waals surface area contributed by atoms with Crippen LogP contribution < -0.4 is 10.0 Å². The summed E-state index contributed by atoms with van der Waals surface area (Å²) in [6, 6.07) is 1.31. The molecule has 102 valence electrons. The lowest BCUT2D eigenvalue weighted by Crippen LogP contribution is -2.28. The molecule has 1 heterocycles. The fourth-order valence-electron chi connectivity index (χ4n) is 1.34. The maximum atomic E-state index is 11.9. The number of thiophene rings is 1. The molecule has 0 radical (unpaired) electrons. The summed E-state index contributed by atoms with van der Waals surface area (Å²) in [6.07, 6.45) is 0.652. The van der Waals surface area contributed by atoms with Gasteiger partial charge >= 0.3 is 5.97 Å². The van der Waals surface area contributed by atoms with E-state index in [1.807, 2.05) is 6.92 Å². The predicted octanol–water partition coefficient (Wildman–Crippen LogP) is 0.724. The topological polar surface area (TPSA) is 95.5 Å². The Labute approximate surface area is 110 Å². The van der Waals surface area contributed by atoms with Crippen LogP contribution in [0.4, 0.5) is 0 Å². The van der Waals surface area contributed by atoms with Gasteiger partial charge in [0, 0.05) is 6.54 Å². The smallest absolute Gasteiger partial charge is 0.347 e. The highest BCUT2D eigenvalue weighted by Gasteiger charge is 2.22. The zero-order chi connectivity index (χ0) is 13.6. The number of hydrogen-bond acceptors (Lipinski definition) is 5. The van der Waals surface area contributed by atoms with Gasteiger partial charge in [-0.15, -0.1) is 11.3 Å². The van der Waals surface area contributed by atoms with Crippen LogP contribution in [0.3, 0.4) is 0 Å². The summed E-state index contributed by atoms with van der Waals surface area (Å²) in [4.78, 5) is 10.5. The van der Waals surface area contributed by atoms with Gasteiger partial charge in [-0.05, 0) is 31.0 Å². The Morgan fingerprint density at radius 2 is 2.17 bits per heavy atom. The van der Waals surface area contributed by atoms with Crippen LogP contribution in [0.5, 0.6) is 0 Å². The van der Waals surface area contributed by atoms with Crippen molar-refractivity contribution < 1.29 is 18.3 Å². The van der Waals surface area contributed by atoms with E-state index in [2.05, 4.69) is 10.0 Å². The molecule has 0 fully saturated rings. The van der Waals surface area contributed by atoms with E-state index >= 15 is 0 Å². The molecule has 0 unspecified atom stereocenters. The first-order valence-electron chi connectivity index (χ1n) is 5.50. The van der Waals surface area contributed by atoms with E-state index in [0.29, 0.717) is 13.0 Å². The van der Waals surface area contributed by atoms with Gasteiger partial charge in [-0.3, -0.25) is 0 Å². The maximum absolute atomic E-state index is 11.9. The average molecular weight is 292 g/mol. The number of sulfonamides is 1. The van der Waals surface area contributed by atoms with Crippen molar-refractivity contribution in [1.29, 1.82) is 0 Å². The van der Waals surface area contributed by atoms with Gasteiger partial charge in [0.15, 0.2) is 0 Å². The second-order valence-corrected chi connectivity index (χ2v) is 6.18. The first kappa shape index (κ1) is 15.1. The number of aromatic carboxylic acids is 1. The zero-order valence-corrected chi connectivity index (χ0v) is 11.6. The highest BCUT2D eigenvalue weighted by atomic mass is 32.2. The van der Waals surface area contributed by atoms with E-state index in [1.165, 1.54) is 11.4 Å². The molecule has 1 aromatic heterocycles. The zero-order valence-electron chi connectivity index (χ0n) is 9.97. The summed E-state index contributed by atoms with van der Waals surface area (Å²) < 4.78 is 26.1. The van der Waals surface area contributed by atoms with Gasteiger partial charge in [0.05, 0.1) is 0 Å². The molecule has 0 aliphatic heterocycles. The third-order valence-corrected chi connectivity index (χ3v) is 4.72. The molecule has 0 amide bonds. The molecule has 0 aromatic carbocycles. The van der Waals surface area contributed by atoms with Crippen molar-refractivity contribution in [2.45, 2.75) is 18.2 Å². The second kappa shape index (κ2) is 6.83. The Morgan fingerprint density at radius 1 is 1.44 bits per heavy atom. The fraction of sp³-hybridized carbons (Fsp3) is 0.500. The van der Waals surface area contributed by atoms with E-state index in [-0.39, 0.29) is 16.3 Å². The lowest BCUT2D eigenvalue weighted by atomic mass is 10.4. The predicted molar refractivity (Wildman–Crippen MR) is 69.6 cm³/mol. The Balaban J connectivity index is 2.63. The van der Waals surface area contributed by atoms with Gasteiger partial charge in [0.2, 0.25) is 10.0 Å². The average Bonchev–Trinajstić information content (AvgIpc) is 2.78. The quantitative estimate of drug-likeness (QED) is 0.614. The first-order valence-corrected chi connectivity index (χ1v) is 7.86. The van der Waals surface area contributed by atoms with E-state index in [1.54, 1.807) is 0 Å². The van der Waals surface area contributed by atoms with Gasteiger partial charge in [0.1, 0.15) is 9.77 Å². The van der Waals surface area contributed by atoms with Crippen molar-refractivity contribution in [1.82, 2.24) is 10.0 Å². The van der Waals surface area contributed by atoms with Crippen LogP contribution in [0.25, 0.3) is 0 Å². The molecule has 0 aliphatic rings. The molecule has 1 rings (SSSR count). The van der Waals surface area contributed by atoms with Crippen LogP contribution in [0.2, 0.25) is 0 Å². The van der Waals surface area contributed by atoms with Gasteiger partial charge < -0.3 is 10.4 Å². The van der Waals surface area contributed by atoms with E-state index < -0.39 is 16.0 Å². The SMILES string of the molecule is CCNCCCNS(=O)(=O)c1ccsc1C(=O)O. The summed E-state index contributed by atoms with van der Waals surface area (Å²) in [5.41, 5.74) is 0. The Morgan fingerprint density at radius 3 is 2.78 bits per heavy atom. The summed E-state index contributed by atoms with van der Waals surface area (Å²) in [5, 5.41) is 13.4. The highest BCUT2D eigenvalue weighted by Crippen LogP contribution is 2.21. The summed E-state index contributed by atoms with van der Waals surface area (Å²) in [6.45, 7) is 3.80. The Hall–Kier alpha value is -0.960. The maximum Gasteiger partial charge on any atom is 0.347 e. The number of carbonyl (C=O) groups is 1. The molecule has 3 N–H and O–H groups in total. The minimum absolute atomic E-state index is 0.158. The van der Waals surface area contributed by atoms with E-state index in [4.69, 9.17) is 5.11 Å². The molecule has 0 bridgehead atoms. The van der Waals surface area contributed by atoms with Crippen LogP contribution in [-0.2, 0) is 10.0 Å². The molecule has 0 aliphatic carbocycles. The van der Waals surface area contributed by atoms with Crippen molar-refractivity contribution in [3.8, 4) is 0 Å². The van der Waals surface area contributed by atoms with Gasteiger partial charge in [-0.1, -0.05) is 6.92 Å². The van der Waals surface area contributed by atoms with E-state index in [9.17, 15) is 13.2 Å². The number of carboxylic acid groups (broad SMARTS) is 1. The van der Waals surface area contributed by atoms with Crippen molar-refractivity contribution in [3.05, 3.63) is 16.3 Å². The third-order valence-electron chi connectivity index (χ3n) is 2.19. The molecule has 0 saturated heterocycles. The largest absolute Gasteiger partial charge is 0.477 e. The van der Waals surface area contributed by atoms with Gasteiger partial charge in [0.25, 0.3) is 0 Å². The highest BCUT2D eigenvalue weighted by molar-refractivity contribution is 7.89. The number of hydrogen-bond donors (Lipinski definition) is 3. The summed E-state index contributed by atoms with van der Waals surface area (Å²) >= 11 is 0.901. The molecule has 1 aromatic rings. The molecule has 8 heteroatoms. The molecule has 18 heavy (non-hydrogen) atoms. The van der Waals surface area contributed by atoms with Crippen LogP contribution in [-0.4, -0.2) is 39.1 Å². The van der Waals surface area contributed by atoms with Crippen LogP contribution in [0, 0.1) is 0 Å². The number of carboxylic acids is 1. The molecule has 0 spiro atoms. The molecular formula is C10H16N2O4S2. The van der Waals surface area contributed by atoms with Crippen molar-refractivity contribution in [3.63, 3.8) is 0 Å². The minimum atomic E-state index is -3.73. The van der Waals surface area contributed by atoms with E-state index in [0.717, 1.165) is 17.9 Å². The lowest BCUT2D eigenvalue weighted by Gasteiger charge is -2.06. The van der Waals surface area contributed by atoms with Crippen LogP contribution >= 0.6 is 11.3 Å². The minimum Gasteiger partial charge on any atom is -0.477 e. The number of rotatable bonds is 8. The third kappa shape index (κ3) is 4.05. The number of nitrogens with one attached hydrogen (secondary N) is 2. The first-order chi connectivity index (χ1) is 8.49. The Bertz CT molecular complexity index is 496. The summed E-state index contributed by atoms with van der Waals surface area (Å²) in [5.74, 6) is -1.22. The van der Waals surface area contributed by atoms with Crippen molar-refractivity contribution >= 4 is 27.3 Å². The lowest BCUT2D eigenvalue weighted by molar-refractivity contribution is 0.0698. The summed E-state index contributed by atoms with van der Waals surface area (Å²) in [7, 11) is -3.73. The monoisotopic (exact) mass is 292 g/mol. The van der Waals surface area contributed by atoms with Crippen LogP contribution in [0.15, 0.2) is 16.3 Å². The fourth-order valence-corrected chi connectivity index (χ4v) is 3.67. The molecule has 6 nitrogen and oxygen atoms in total. The molecular weight excluding hydrogens is 276 g/mol. The second-order valence-electron chi connectivity index (χ2n) is 3.52. The van der Waals surface area contributed by atoms with Gasteiger partial charge in [-0.25, -0.2) is 17.9 Å². The van der Waals surface area contributed by atoms with Crippen molar-refractivity contribution in [2.75, 3.05) is 19.6 Å².